The summed E-state index contributed by atoms with van der Waals surface area (Å²) in [5, 5.41) is 0. The molecule has 2 saturated carbocycles. The molecule has 0 radical (unpaired) electrons. The van der Waals surface area contributed by atoms with Gasteiger partial charge in [-0.1, -0.05) is 19.9 Å². The summed E-state index contributed by atoms with van der Waals surface area (Å²) in [6, 6.07) is 6.29. The van der Waals surface area contributed by atoms with Gasteiger partial charge in [0, 0.05) is 24.8 Å². The summed E-state index contributed by atoms with van der Waals surface area (Å²) in [5.41, 5.74) is 3.41. The van der Waals surface area contributed by atoms with Crippen LogP contribution in [-0.4, -0.2) is 35.8 Å². The number of aryl methyl sites for hydroxylation is 1. The topological polar surface area (TPSA) is 29.5 Å². The number of carbonyl (C=O) groups is 1. The molecule has 0 heterocycles. The third kappa shape index (κ3) is 3.90. The smallest absolute Gasteiger partial charge is 0.410 e. The van der Waals surface area contributed by atoms with Crippen molar-refractivity contribution >= 4 is 29.3 Å². The molecule has 0 aliphatic heterocycles. The fourth-order valence-electron chi connectivity index (χ4n) is 6.55. The molecule has 1 aromatic rings. The fourth-order valence-corrected chi connectivity index (χ4v) is 6.96. The van der Waals surface area contributed by atoms with Crippen molar-refractivity contribution in [3.8, 4) is 5.75 Å². The van der Waals surface area contributed by atoms with Crippen molar-refractivity contribution in [2.75, 3.05) is 24.8 Å². The number of ether oxygens (including phenoxy) is 1. The van der Waals surface area contributed by atoms with E-state index < -0.39 is 0 Å². The highest BCUT2D eigenvalue weighted by Gasteiger charge is 2.53. The standard InChI is InChI=1S/C24H33Cl2NO2/c1-16-3-8-22-21-6-4-17-15-18(29-23(28)27(13-11-25)14-12-26)5-7-19(17)20(21)9-10-24(16,22)2/h5,7,15-16,20-22H,3-4,6,8-14H2,1-2H3/t16-,20?,21?,22-,24+/m1/s1. The largest absolute Gasteiger partial charge is 0.415 e. The van der Waals surface area contributed by atoms with E-state index in [9.17, 15) is 4.79 Å². The van der Waals surface area contributed by atoms with Gasteiger partial charge in [-0.2, -0.15) is 0 Å². The maximum Gasteiger partial charge on any atom is 0.415 e. The van der Waals surface area contributed by atoms with Gasteiger partial charge in [0.05, 0.1) is 0 Å². The van der Waals surface area contributed by atoms with Crippen molar-refractivity contribution in [2.45, 2.75) is 58.3 Å². The lowest BCUT2D eigenvalue weighted by molar-refractivity contribution is 0.0336. The van der Waals surface area contributed by atoms with Gasteiger partial charge < -0.3 is 9.64 Å². The lowest BCUT2D eigenvalue weighted by atomic mass is 9.54. The average molecular weight is 438 g/mol. The van der Waals surface area contributed by atoms with Gasteiger partial charge in [0.25, 0.3) is 0 Å². The Balaban J connectivity index is 1.49. The molecule has 1 amide bonds. The van der Waals surface area contributed by atoms with E-state index in [0.29, 0.717) is 41.9 Å². The van der Waals surface area contributed by atoms with E-state index in [1.165, 1.54) is 43.2 Å². The molecule has 5 atom stereocenters. The van der Waals surface area contributed by atoms with Gasteiger partial charge in [-0.05, 0) is 90.9 Å². The number of rotatable bonds is 5. The molecule has 1 aromatic carbocycles. The van der Waals surface area contributed by atoms with Crippen molar-refractivity contribution in [1.82, 2.24) is 4.90 Å². The Kier molecular flexibility index (Phi) is 6.37. The number of benzene rings is 1. The van der Waals surface area contributed by atoms with Crippen LogP contribution in [0.1, 0.15) is 63.0 Å². The van der Waals surface area contributed by atoms with Crippen LogP contribution in [0.2, 0.25) is 0 Å². The molecule has 2 fully saturated rings. The molecule has 0 bridgehead atoms. The van der Waals surface area contributed by atoms with Gasteiger partial charge in [0.15, 0.2) is 0 Å². The third-order valence-electron chi connectivity index (χ3n) is 8.34. The molecular weight excluding hydrogens is 405 g/mol. The lowest BCUT2D eigenvalue weighted by Gasteiger charge is -2.50. The molecule has 160 valence electrons. The van der Waals surface area contributed by atoms with Crippen LogP contribution in [0.3, 0.4) is 0 Å². The predicted octanol–water partition coefficient (Wildman–Crippen LogP) is 6.46. The van der Waals surface area contributed by atoms with Gasteiger partial charge in [-0.3, -0.25) is 0 Å². The van der Waals surface area contributed by atoms with Gasteiger partial charge in [-0.15, -0.1) is 23.2 Å². The van der Waals surface area contributed by atoms with E-state index in [2.05, 4.69) is 26.0 Å². The summed E-state index contributed by atoms with van der Waals surface area (Å²) in [6.07, 6.45) is 7.44. The van der Waals surface area contributed by atoms with E-state index in [1.807, 2.05) is 6.07 Å². The second kappa shape index (κ2) is 8.67. The van der Waals surface area contributed by atoms with Crippen molar-refractivity contribution < 1.29 is 9.53 Å². The summed E-state index contributed by atoms with van der Waals surface area (Å²) >= 11 is 11.6. The van der Waals surface area contributed by atoms with Crippen LogP contribution < -0.4 is 4.74 Å². The molecule has 3 aliphatic carbocycles. The van der Waals surface area contributed by atoms with E-state index in [4.69, 9.17) is 27.9 Å². The molecular formula is C24H33Cl2NO2. The molecule has 5 heteroatoms. The summed E-state index contributed by atoms with van der Waals surface area (Å²) in [6.45, 7) is 5.91. The molecule has 0 N–H and O–H groups in total. The first-order chi connectivity index (χ1) is 14.0. The molecule has 3 nitrogen and oxygen atoms in total. The summed E-state index contributed by atoms with van der Waals surface area (Å²) in [5.74, 6) is 4.62. The zero-order valence-electron chi connectivity index (χ0n) is 17.6. The number of hydrogen-bond donors (Lipinski definition) is 0. The number of nitrogens with zero attached hydrogens (tertiary/aromatic N) is 1. The third-order valence-corrected chi connectivity index (χ3v) is 8.68. The van der Waals surface area contributed by atoms with E-state index in [0.717, 1.165) is 24.2 Å². The molecule has 4 rings (SSSR count). The zero-order chi connectivity index (χ0) is 20.6. The number of halogens is 2. The van der Waals surface area contributed by atoms with Gasteiger partial charge >= 0.3 is 6.09 Å². The Hall–Kier alpha value is -0.930. The molecule has 0 aromatic heterocycles. The molecule has 3 aliphatic rings. The van der Waals surface area contributed by atoms with Crippen LogP contribution in [0.5, 0.6) is 5.75 Å². The van der Waals surface area contributed by atoms with Crippen LogP contribution in [0.4, 0.5) is 4.79 Å². The Morgan fingerprint density at radius 2 is 1.93 bits per heavy atom. The van der Waals surface area contributed by atoms with Crippen LogP contribution in [0.15, 0.2) is 18.2 Å². The minimum atomic E-state index is -0.367. The van der Waals surface area contributed by atoms with Gasteiger partial charge in [0.2, 0.25) is 0 Å². The highest BCUT2D eigenvalue weighted by molar-refractivity contribution is 6.18. The fraction of sp³-hybridized carbons (Fsp3) is 0.708. The normalized spacial score (nSPS) is 32.8. The second-order valence-electron chi connectivity index (χ2n) is 9.53. The summed E-state index contributed by atoms with van der Waals surface area (Å²) < 4.78 is 5.65. The van der Waals surface area contributed by atoms with E-state index >= 15 is 0 Å². The van der Waals surface area contributed by atoms with Crippen LogP contribution in [0.25, 0.3) is 0 Å². The maximum absolute atomic E-state index is 12.5. The van der Waals surface area contributed by atoms with E-state index in [1.54, 1.807) is 4.90 Å². The van der Waals surface area contributed by atoms with Crippen molar-refractivity contribution in [3.63, 3.8) is 0 Å². The van der Waals surface area contributed by atoms with Crippen LogP contribution in [0, 0.1) is 23.2 Å². The molecule has 2 unspecified atom stereocenters. The minimum absolute atomic E-state index is 0.367. The second-order valence-corrected chi connectivity index (χ2v) is 10.3. The summed E-state index contributed by atoms with van der Waals surface area (Å²) in [4.78, 5) is 14.0. The first-order valence-corrected chi connectivity index (χ1v) is 12.3. The Morgan fingerprint density at radius 1 is 1.17 bits per heavy atom. The monoisotopic (exact) mass is 437 g/mol. The number of alkyl halides is 2. The number of fused-ring (bicyclic) bond motifs is 5. The molecule has 0 spiro atoms. The number of hydrogen-bond acceptors (Lipinski definition) is 2. The summed E-state index contributed by atoms with van der Waals surface area (Å²) in [7, 11) is 0. The zero-order valence-corrected chi connectivity index (χ0v) is 19.1. The average Bonchev–Trinajstić information content (AvgIpc) is 3.02. The van der Waals surface area contributed by atoms with Crippen LogP contribution >= 0.6 is 23.2 Å². The number of amides is 1. The van der Waals surface area contributed by atoms with Crippen molar-refractivity contribution in [2.24, 2.45) is 23.2 Å². The highest BCUT2D eigenvalue weighted by atomic mass is 35.5. The van der Waals surface area contributed by atoms with E-state index in [-0.39, 0.29) is 6.09 Å². The Bertz CT molecular complexity index is 748. The number of carbonyl (C=O) groups excluding carboxylic acids is 1. The highest BCUT2D eigenvalue weighted by Crippen LogP contribution is 2.62. The Labute approximate surface area is 185 Å². The van der Waals surface area contributed by atoms with Crippen LogP contribution in [-0.2, 0) is 6.42 Å². The molecule has 0 saturated heterocycles. The Morgan fingerprint density at radius 3 is 2.66 bits per heavy atom. The first kappa shape index (κ1) is 21.3. The molecule has 29 heavy (non-hydrogen) atoms. The first-order valence-electron chi connectivity index (χ1n) is 11.2. The van der Waals surface area contributed by atoms with Crippen molar-refractivity contribution in [3.05, 3.63) is 29.3 Å². The lowest BCUT2D eigenvalue weighted by Crippen LogP contribution is -2.41. The van der Waals surface area contributed by atoms with Crippen molar-refractivity contribution in [1.29, 1.82) is 0 Å². The predicted molar refractivity (Wildman–Crippen MR) is 119 cm³/mol. The van der Waals surface area contributed by atoms with Gasteiger partial charge in [-0.25, -0.2) is 4.79 Å². The SMILES string of the molecule is C[C@@H]1CC[C@@H]2C3CCc4cc(OC(=O)N(CCCl)CCCl)ccc4C3CC[C@@]12C. The minimum Gasteiger partial charge on any atom is -0.410 e. The van der Waals surface area contributed by atoms with Gasteiger partial charge in [0.1, 0.15) is 5.75 Å². The quantitative estimate of drug-likeness (QED) is 0.494. The maximum atomic E-state index is 12.5.